The van der Waals surface area contributed by atoms with Crippen molar-refractivity contribution in [1.82, 2.24) is 10.2 Å². The molecule has 7 nitrogen and oxygen atoms in total. The zero-order chi connectivity index (χ0) is 24.2. The molecule has 1 saturated heterocycles. The minimum atomic E-state index is -0.866. The topological polar surface area (TPSA) is 95.9 Å². The number of hydrogen-bond donors (Lipinski definition) is 2. The Balaban J connectivity index is 1.34. The summed E-state index contributed by atoms with van der Waals surface area (Å²) in [5.41, 5.74) is 4.62. The normalized spacial score (nSPS) is 20.2. The maximum Gasteiger partial charge on any atom is 0.407 e. The molecule has 1 aliphatic carbocycles. The first-order valence-corrected chi connectivity index (χ1v) is 12.0. The van der Waals surface area contributed by atoms with Gasteiger partial charge in [-0.3, -0.25) is 9.59 Å². The molecule has 7 heteroatoms. The van der Waals surface area contributed by atoms with Crippen molar-refractivity contribution in [3.05, 3.63) is 59.7 Å². The summed E-state index contributed by atoms with van der Waals surface area (Å²) in [6.45, 7) is 4.61. The van der Waals surface area contributed by atoms with Crippen molar-refractivity contribution in [3.63, 3.8) is 0 Å². The predicted octanol–water partition coefficient (Wildman–Crippen LogP) is 4.26. The van der Waals surface area contributed by atoms with E-state index in [0.29, 0.717) is 25.8 Å². The molecule has 4 rings (SSSR count). The van der Waals surface area contributed by atoms with Crippen molar-refractivity contribution in [3.8, 4) is 11.1 Å². The van der Waals surface area contributed by atoms with Crippen LogP contribution < -0.4 is 5.32 Å². The largest absolute Gasteiger partial charge is 0.481 e. The third kappa shape index (κ3) is 4.65. The molecule has 1 unspecified atom stereocenters. The van der Waals surface area contributed by atoms with Crippen LogP contribution in [0.3, 0.4) is 0 Å². The van der Waals surface area contributed by atoms with Crippen LogP contribution in [-0.2, 0) is 14.3 Å². The van der Waals surface area contributed by atoms with Gasteiger partial charge >= 0.3 is 12.1 Å². The Bertz CT molecular complexity index is 1020. The van der Waals surface area contributed by atoms with Gasteiger partial charge in [-0.1, -0.05) is 55.5 Å². The monoisotopic (exact) mass is 464 g/mol. The van der Waals surface area contributed by atoms with Crippen molar-refractivity contribution in [1.29, 1.82) is 0 Å². The van der Waals surface area contributed by atoms with Gasteiger partial charge in [-0.15, -0.1) is 0 Å². The number of carboxylic acids is 1. The molecule has 0 spiro atoms. The summed E-state index contributed by atoms with van der Waals surface area (Å²) in [6, 6.07) is 15.9. The maximum atomic E-state index is 13.1. The summed E-state index contributed by atoms with van der Waals surface area (Å²) in [6.07, 6.45) is 1.24. The van der Waals surface area contributed by atoms with Gasteiger partial charge in [0.05, 0.1) is 11.8 Å². The van der Waals surface area contributed by atoms with Gasteiger partial charge in [0.25, 0.3) is 0 Å². The first kappa shape index (κ1) is 23.8. The lowest BCUT2D eigenvalue weighted by Crippen LogP contribution is -2.52. The quantitative estimate of drug-likeness (QED) is 0.638. The lowest BCUT2D eigenvalue weighted by Gasteiger charge is -2.39. The summed E-state index contributed by atoms with van der Waals surface area (Å²) in [4.78, 5) is 38.8. The number of carbonyl (C=O) groups is 3. The number of alkyl carbamates (subject to hydrolysis) is 1. The van der Waals surface area contributed by atoms with Gasteiger partial charge in [0.15, 0.2) is 0 Å². The van der Waals surface area contributed by atoms with E-state index in [-0.39, 0.29) is 31.0 Å². The Morgan fingerprint density at radius 1 is 1.09 bits per heavy atom. The third-order valence-corrected chi connectivity index (χ3v) is 7.27. The minimum absolute atomic E-state index is 0.0242. The lowest BCUT2D eigenvalue weighted by atomic mass is 9.89. The summed E-state index contributed by atoms with van der Waals surface area (Å²) in [5.74, 6) is -1.97. The summed E-state index contributed by atoms with van der Waals surface area (Å²) in [7, 11) is 0. The standard InChI is InChI=1S/C27H32N2O5/c1-3-18(25(30)29-14-8-13-19(17(29)2)26(31)32)15-28-27(33)34-16-24-22-11-6-4-9-20(22)21-10-5-7-12-23(21)24/h4-7,9-12,17-19,24H,3,8,13-16H2,1-2H3,(H,28,33)(H,31,32)/t17-,18?,19-/m1/s1. The van der Waals surface area contributed by atoms with E-state index in [1.807, 2.05) is 31.2 Å². The zero-order valence-electron chi connectivity index (χ0n) is 19.7. The van der Waals surface area contributed by atoms with Crippen molar-refractivity contribution in [2.75, 3.05) is 19.7 Å². The molecule has 1 fully saturated rings. The second-order valence-corrected chi connectivity index (χ2v) is 9.17. The van der Waals surface area contributed by atoms with E-state index in [0.717, 1.165) is 11.1 Å². The highest BCUT2D eigenvalue weighted by Crippen LogP contribution is 2.44. The molecule has 0 bridgehead atoms. The number of benzene rings is 2. The molecule has 34 heavy (non-hydrogen) atoms. The minimum Gasteiger partial charge on any atom is -0.481 e. The predicted molar refractivity (Wildman–Crippen MR) is 128 cm³/mol. The average Bonchev–Trinajstić information content (AvgIpc) is 3.16. The number of hydrogen-bond acceptors (Lipinski definition) is 4. The van der Waals surface area contributed by atoms with Crippen molar-refractivity contribution < 1.29 is 24.2 Å². The Hall–Kier alpha value is -3.35. The molecule has 2 aromatic carbocycles. The van der Waals surface area contributed by atoms with E-state index in [1.54, 1.807) is 11.8 Å². The van der Waals surface area contributed by atoms with Crippen LogP contribution in [0.4, 0.5) is 4.79 Å². The van der Waals surface area contributed by atoms with Crippen LogP contribution in [0.1, 0.15) is 50.2 Å². The molecule has 1 heterocycles. The maximum absolute atomic E-state index is 13.1. The first-order chi connectivity index (χ1) is 16.4. The fraction of sp³-hybridized carbons (Fsp3) is 0.444. The van der Waals surface area contributed by atoms with E-state index in [4.69, 9.17) is 4.74 Å². The number of nitrogens with zero attached hydrogens (tertiary/aromatic N) is 1. The van der Waals surface area contributed by atoms with Gasteiger partial charge in [0.1, 0.15) is 6.61 Å². The van der Waals surface area contributed by atoms with Crippen LogP contribution in [0.5, 0.6) is 0 Å². The molecule has 2 aromatic rings. The number of piperidine rings is 1. The zero-order valence-corrected chi connectivity index (χ0v) is 19.7. The lowest BCUT2D eigenvalue weighted by molar-refractivity contribution is -0.150. The van der Waals surface area contributed by atoms with Crippen molar-refractivity contribution >= 4 is 18.0 Å². The van der Waals surface area contributed by atoms with Gasteiger partial charge in [-0.05, 0) is 48.4 Å². The van der Waals surface area contributed by atoms with Gasteiger partial charge in [-0.25, -0.2) is 4.79 Å². The summed E-state index contributed by atoms with van der Waals surface area (Å²) >= 11 is 0. The van der Waals surface area contributed by atoms with E-state index < -0.39 is 23.9 Å². The molecule has 2 aliphatic rings. The number of likely N-dealkylation sites (tertiary alicyclic amines) is 1. The number of aliphatic carboxylic acids is 1. The Kier molecular flexibility index (Phi) is 7.20. The molecule has 2 N–H and O–H groups in total. The second kappa shape index (κ2) is 10.3. The fourth-order valence-electron chi connectivity index (χ4n) is 5.28. The highest BCUT2D eigenvalue weighted by molar-refractivity contribution is 5.82. The van der Waals surface area contributed by atoms with E-state index >= 15 is 0 Å². The number of fused-ring (bicyclic) bond motifs is 3. The molecule has 0 aromatic heterocycles. The van der Waals surface area contributed by atoms with Crippen LogP contribution in [0.15, 0.2) is 48.5 Å². The Labute approximate surface area is 200 Å². The first-order valence-electron chi connectivity index (χ1n) is 12.0. The Morgan fingerprint density at radius 3 is 2.29 bits per heavy atom. The smallest absolute Gasteiger partial charge is 0.407 e. The molecule has 0 radical (unpaired) electrons. The SMILES string of the molecule is CCC(CNC(=O)OCC1c2ccccc2-c2ccccc21)C(=O)N1CCC[C@@H](C(=O)O)[C@H]1C. The van der Waals surface area contributed by atoms with E-state index in [9.17, 15) is 19.5 Å². The van der Waals surface area contributed by atoms with Crippen LogP contribution >= 0.6 is 0 Å². The van der Waals surface area contributed by atoms with Crippen LogP contribution in [-0.4, -0.2) is 53.7 Å². The third-order valence-electron chi connectivity index (χ3n) is 7.27. The molecule has 1 aliphatic heterocycles. The van der Waals surface area contributed by atoms with Gasteiger partial charge in [-0.2, -0.15) is 0 Å². The van der Waals surface area contributed by atoms with Crippen molar-refractivity contribution in [2.24, 2.45) is 11.8 Å². The molecule has 3 atom stereocenters. The van der Waals surface area contributed by atoms with E-state index in [1.165, 1.54) is 11.1 Å². The van der Waals surface area contributed by atoms with Gasteiger partial charge < -0.3 is 20.1 Å². The van der Waals surface area contributed by atoms with Crippen LogP contribution in [0.2, 0.25) is 0 Å². The fourth-order valence-corrected chi connectivity index (χ4v) is 5.28. The summed E-state index contributed by atoms with van der Waals surface area (Å²) in [5, 5.41) is 12.2. The number of amides is 2. The number of nitrogens with one attached hydrogen (secondary N) is 1. The highest BCUT2D eigenvalue weighted by Gasteiger charge is 2.37. The molecular formula is C27H32N2O5. The Morgan fingerprint density at radius 2 is 1.71 bits per heavy atom. The van der Waals surface area contributed by atoms with Crippen LogP contribution in [0.25, 0.3) is 11.1 Å². The molecule has 0 saturated carbocycles. The number of ether oxygens (including phenoxy) is 1. The van der Waals surface area contributed by atoms with Crippen molar-refractivity contribution in [2.45, 2.75) is 45.1 Å². The summed E-state index contributed by atoms with van der Waals surface area (Å²) < 4.78 is 5.58. The molecule has 180 valence electrons. The van der Waals surface area contributed by atoms with Gasteiger partial charge in [0.2, 0.25) is 5.91 Å². The number of carboxylic acid groups (broad SMARTS) is 1. The molecule has 2 amide bonds. The van der Waals surface area contributed by atoms with Gasteiger partial charge in [0, 0.05) is 25.0 Å². The average molecular weight is 465 g/mol. The number of rotatable bonds is 7. The van der Waals surface area contributed by atoms with E-state index in [2.05, 4.69) is 29.6 Å². The number of carbonyl (C=O) groups excluding carboxylic acids is 2. The molecular weight excluding hydrogens is 432 g/mol. The second-order valence-electron chi connectivity index (χ2n) is 9.17. The highest BCUT2D eigenvalue weighted by atomic mass is 16.5. The van der Waals surface area contributed by atoms with Crippen LogP contribution in [0, 0.1) is 11.8 Å².